The smallest absolute Gasteiger partial charge is 0.307 e. The molecule has 1 aliphatic carbocycles. The van der Waals surface area contributed by atoms with Crippen molar-refractivity contribution in [3.8, 4) is 0 Å². The molecule has 0 aliphatic heterocycles. The second kappa shape index (κ2) is 4.63. The number of carbonyl (C=O) groups is 2. The van der Waals surface area contributed by atoms with Crippen molar-refractivity contribution in [1.29, 1.82) is 0 Å². The van der Waals surface area contributed by atoms with Gasteiger partial charge in [0.05, 0.1) is 11.8 Å². The largest absolute Gasteiger partial charge is 0.481 e. The molecule has 4 nitrogen and oxygen atoms in total. The lowest BCUT2D eigenvalue weighted by Crippen LogP contribution is -2.17. The Morgan fingerprint density at radius 2 is 1.95 bits per heavy atom. The molecule has 1 amide bonds. The third kappa shape index (κ3) is 2.52. The normalized spacial score (nSPS) is 23.8. The van der Waals surface area contributed by atoms with E-state index in [4.69, 9.17) is 5.11 Å². The van der Waals surface area contributed by atoms with Gasteiger partial charge >= 0.3 is 5.97 Å². The first-order valence-corrected chi connectivity index (χ1v) is 6.84. The van der Waals surface area contributed by atoms with Gasteiger partial charge in [0.1, 0.15) is 0 Å². The Kier molecular flexibility index (Phi) is 3.43. The second-order valence-electron chi connectivity index (χ2n) is 5.57. The third-order valence-corrected chi connectivity index (χ3v) is 4.69. The van der Waals surface area contributed by atoms with E-state index in [-0.39, 0.29) is 5.91 Å². The summed E-state index contributed by atoms with van der Waals surface area (Å²) in [5.74, 6) is -2.19. The Morgan fingerprint density at radius 3 is 2.42 bits per heavy atom. The maximum absolute atomic E-state index is 12.1. The Balaban J connectivity index is 2.10. The van der Waals surface area contributed by atoms with Gasteiger partial charge in [0.25, 0.3) is 0 Å². The van der Waals surface area contributed by atoms with Crippen LogP contribution in [0.15, 0.2) is 22.7 Å². The topological polar surface area (TPSA) is 66.4 Å². The molecule has 0 spiro atoms. The van der Waals surface area contributed by atoms with Crippen molar-refractivity contribution in [2.75, 3.05) is 5.32 Å². The molecule has 1 aliphatic rings. The lowest BCUT2D eigenvalue weighted by molar-refractivity contribution is -0.140. The highest BCUT2D eigenvalue weighted by Gasteiger charge is 2.65. The number of rotatable bonds is 3. The lowest BCUT2D eigenvalue weighted by Gasteiger charge is -2.07. The molecule has 1 saturated carbocycles. The second-order valence-corrected chi connectivity index (χ2v) is 6.42. The number of anilines is 1. The number of hydrogen-bond donors (Lipinski definition) is 2. The van der Waals surface area contributed by atoms with Crippen LogP contribution in [0.1, 0.15) is 19.4 Å². The SMILES string of the molecule is Cc1cc(NC(=O)C2C(C(=O)O)C2(C)C)ccc1Br. The molecule has 1 aromatic rings. The van der Waals surface area contributed by atoms with E-state index in [0.29, 0.717) is 5.69 Å². The molecule has 1 aromatic carbocycles. The van der Waals surface area contributed by atoms with Crippen LogP contribution >= 0.6 is 15.9 Å². The third-order valence-electron chi connectivity index (χ3n) is 3.80. The minimum Gasteiger partial charge on any atom is -0.481 e. The average molecular weight is 326 g/mol. The summed E-state index contributed by atoms with van der Waals surface area (Å²) in [7, 11) is 0. The summed E-state index contributed by atoms with van der Waals surface area (Å²) >= 11 is 3.39. The molecule has 102 valence electrons. The summed E-state index contributed by atoms with van der Waals surface area (Å²) in [6, 6.07) is 5.50. The number of carbonyl (C=O) groups excluding carboxylic acids is 1. The molecule has 19 heavy (non-hydrogen) atoms. The molecule has 2 N–H and O–H groups in total. The van der Waals surface area contributed by atoms with Gasteiger partial charge in [-0.25, -0.2) is 0 Å². The fourth-order valence-corrected chi connectivity index (χ4v) is 2.78. The van der Waals surface area contributed by atoms with Crippen molar-refractivity contribution in [1.82, 2.24) is 0 Å². The van der Waals surface area contributed by atoms with Crippen LogP contribution < -0.4 is 5.32 Å². The number of carboxylic acids is 1. The number of benzene rings is 1. The van der Waals surface area contributed by atoms with E-state index in [9.17, 15) is 9.59 Å². The Labute approximate surface area is 120 Å². The van der Waals surface area contributed by atoms with E-state index in [1.54, 1.807) is 6.07 Å². The van der Waals surface area contributed by atoms with E-state index in [0.717, 1.165) is 10.0 Å². The monoisotopic (exact) mass is 325 g/mol. The van der Waals surface area contributed by atoms with Crippen LogP contribution in [0.5, 0.6) is 0 Å². The molecule has 0 radical (unpaired) electrons. The van der Waals surface area contributed by atoms with Gasteiger partial charge in [-0.1, -0.05) is 29.8 Å². The fraction of sp³-hybridized carbons (Fsp3) is 0.429. The van der Waals surface area contributed by atoms with E-state index in [1.807, 2.05) is 32.9 Å². The van der Waals surface area contributed by atoms with Gasteiger partial charge in [-0.05, 0) is 36.1 Å². The molecule has 1 fully saturated rings. The van der Waals surface area contributed by atoms with Crippen molar-refractivity contribution in [3.63, 3.8) is 0 Å². The first-order chi connectivity index (χ1) is 8.75. The summed E-state index contributed by atoms with van der Waals surface area (Å²) < 4.78 is 0.973. The molecule has 0 saturated heterocycles. The molecule has 5 heteroatoms. The van der Waals surface area contributed by atoms with Gasteiger partial charge in [-0.3, -0.25) is 9.59 Å². The fourth-order valence-electron chi connectivity index (χ4n) is 2.53. The van der Waals surface area contributed by atoms with Crippen molar-refractivity contribution in [2.45, 2.75) is 20.8 Å². The van der Waals surface area contributed by atoms with Gasteiger partial charge in [-0.15, -0.1) is 0 Å². The van der Waals surface area contributed by atoms with E-state index in [1.165, 1.54) is 0 Å². The quantitative estimate of drug-likeness (QED) is 0.897. The van der Waals surface area contributed by atoms with Crippen LogP contribution in [0.25, 0.3) is 0 Å². The van der Waals surface area contributed by atoms with Crippen LogP contribution in [-0.4, -0.2) is 17.0 Å². The first kappa shape index (κ1) is 14.1. The predicted molar refractivity (Wildman–Crippen MR) is 75.9 cm³/mol. The van der Waals surface area contributed by atoms with Crippen LogP contribution in [0, 0.1) is 24.2 Å². The van der Waals surface area contributed by atoms with Crippen LogP contribution in [0.4, 0.5) is 5.69 Å². The highest BCUT2D eigenvalue weighted by molar-refractivity contribution is 9.10. The Bertz CT molecular complexity index is 554. The van der Waals surface area contributed by atoms with Gasteiger partial charge in [-0.2, -0.15) is 0 Å². The van der Waals surface area contributed by atoms with E-state index in [2.05, 4.69) is 21.2 Å². The Morgan fingerprint density at radius 1 is 1.32 bits per heavy atom. The van der Waals surface area contributed by atoms with Gasteiger partial charge in [0, 0.05) is 10.2 Å². The summed E-state index contributed by atoms with van der Waals surface area (Å²) in [5, 5.41) is 11.9. The van der Waals surface area contributed by atoms with Crippen molar-refractivity contribution in [2.24, 2.45) is 17.3 Å². The van der Waals surface area contributed by atoms with Crippen molar-refractivity contribution >= 4 is 33.5 Å². The molecular weight excluding hydrogens is 310 g/mol. The zero-order valence-corrected chi connectivity index (χ0v) is 12.6. The Hall–Kier alpha value is -1.36. The number of amides is 1. The van der Waals surface area contributed by atoms with Gasteiger partial charge in [0.2, 0.25) is 5.91 Å². The van der Waals surface area contributed by atoms with Crippen LogP contribution in [-0.2, 0) is 9.59 Å². The minimum atomic E-state index is -0.905. The van der Waals surface area contributed by atoms with Crippen LogP contribution in [0.2, 0.25) is 0 Å². The number of carboxylic acid groups (broad SMARTS) is 1. The predicted octanol–water partition coefficient (Wildman–Crippen LogP) is 3.05. The van der Waals surface area contributed by atoms with Crippen LogP contribution in [0.3, 0.4) is 0 Å². The zero-order chi connectivity index (χ0) is 14.4. The number of aryl methyl sites for hydroxylation is 1. The first-order valence-electron chi connectivity index (χ1n) is 6.05. The minimum absolute atomic E-state index is 0.223. The van der Waals surface area contributed by atoms with Crippen molar-refractivity contribution < 1.29 is 14.7 Å². The summed E-state index contributed by atoms with van der Waals surface area (Å²) in [6.07, 6.45) is 0. The van der Waals surface area contributed by atoms with Gasteiger partial charge < -0.3 is 10.4 Å². The molecule has 0 heterocycles. The number of hydrogen-bond acceptors (Lipinski definition) is 2. The maximum Gasteiger partial charge on any atom is 0.307 e. The van der Waals surface area contributed by atoms with Crippen molar-refractivity contribution in [3.05, 3.63) is 28.2 Å². The lowest BCUT2D eigenvalue weighted by atomic mass is 10.1. The number of halogens is 1. The van der Waals surface area contributed by atoms with E-state index < -0.39 is 23.2 Å². The number of aliphatic carboxylic acids is 1. The summed E-state index contributed by atoms with van der Waals surface area (Å²) in [5.41, 5.74) is 1.24. The average Bonchev–Trinajstić information content (AvgIpc) is 2.87. The molecule has 0 aromatic heterocycles. The highest BCUT2D eigenvalue weighted by atomic mass is 79.9. The molecule has 0 bridgehead atoms. The number of nitrogens with one attached hydrogen (secondary N) is 1. The molecule has 2 unspecified atom stereocenters. The molecule has 2 atom stereocenters. The van der Waals surface area contributed by atoms with Gasteiger partial charge in [0.15, 0.2) is 0 Å². The molecular formula is C14H16BrNO3. The molecule has 2 rings (SSSR count). The summed E-state index contributed by atoms with van der Waals surface area (Å²) in [6.45, 7) is 5.55. The standard InChI is InChI=1S/C14H16BrNO3/c1-7-6-8(4-5-9(7)15)16-12(17)10-11(13(18)19)14(10,2)3/h4-6,10-11H,1-3H3,(H,16,17)(H,18,19). The zero-order valence-electron chi connectivity index (χ0n) is 11.0. The summed E-state index contributed by atoms with van der Waals surface area (Å²) in [4.78, 5) is 23.2. The van der Waals surface area contributed by atoms with E-state index >= 15 is 0 Å². The maximum atomic E-state index is 12.1. The highest BCUT2D eigenvalue weighted by Crippen LogP contribution is 2.58.